The van der Waals surface area contributed by atoms with E-state index in [-0.39, 0.29) is 10.8 Å². The Balaban J connectivity index is 1.25. The van der Waals surface area contributed by atoms with Gasteiger partial charge in [-0.25, -0.2) is 0 Å². The van der Waals surface area contributed by atoms with Crippen LogP contribution in [0.25, 0.3) is 53.5 Å². The summed E-state index contributed by atoms with van der Waals surface area (Å²) in [7, 11) is 0. The first kappa shape index (κ1) is 30.1. The third-order valence-electron chi connectivity index (χ3n) is 8.45. The molecule has 0 saturated heterocycles. The average molecular weight is 622 g/mol. The number of aromatic nitrogens is 3. The molecule has 4 nitrogen and oxygen atoms in total. The predicted molar refractivity (Wildman–Crippen MR) is 194 cm³/mol. The molecule has 0 aliphatic heterocycles. The topological polar surface area (TPSA) is 47.9 Å². The minimum Gasteiger partial charge on any atom is -0.457 e. The third kappa shape index (κ3) is 5.88. The van der Waals surface area contributed by atoms with E-state index in [0.29, 0.717) is 0 Å². The van der Waals surface area contributed by atoms with Crippen molar-refractivity contribution in [2.75, 3.05) is 0 Å². The highest BCUT2D eigenvalue weighted by atomic mass is 32.1. The second kappa shape index (κ2) is 11.3. The summed E-state index contributed by atoms with van der Waals surface area (Å²) >= 11 is 1.81. The molecule has 0 spiro atoms. The number of nitrogens with zero attached hydrogens (tertiary/aromatic N) is 3. The molecule has 0 atom stereocenters. The van der Waals surface area contributed by atoms with Crippen molar-refractivity contribution in [3.8, 4) is 34.0 Å². The number of hydrogen-bond acceptors (Lipinski definition) is 5. The zero-order valence-electron chi connectivity index (χ0n) is 27.6. The van der Waals surface area contributed by atoms with Gasteiger partial charge in [-0.3, -0.25) is 4.98 Å². The lowest BCUT2D eigenvalue weighted by molar-refractivity contribution is 0.411. The molecular formula is C41H39N3OS. The molecule has 7 rings (SSSR count). The van der Waals surface area contributed by atoms with Gasteiger partial charge in [0.1, 0.15) is 17.2 Å². The van der Waals surface area contributed by atoms with E-state index in [0.717, 1.165) is 50.8 Å². The molecule has 0 fully saturated rings. The predicted octanol–water partition coefficient (Wildman–Crippen LogP) is 11.7. The zero-order chi connectivity index (χ0) is 32.2. The van der Waals surface area contributed by atoms with Crippen molar-refractivity contribution in [1.29, 1.82) is 0 Å². The normalized spacial score (nSPS) is 12.3. The van der Waals surface area contributed by atoms with Gasteiger partial charge < -0.3 is 4.74 Å². The first-order valence-corrected chi connectivity index (χ1v) is 16.7. The molecule has 0 aliphatic carbocycles. The Bertz CT molecular complexity index is 2250. The summed E-state index contributed by atoms with van der Waals surface area (Å²) in [6, 6.07) is 32.0. The van der Waals surface area contributed by atoms with Crippen molar-refractivity contribution in [3.05, 3.63) is 114 Å². The van der Waals surface area contributed by atoms with Gasteiger partial charge in [0.15, 0.2) is 0 Å². The number of pyridine rings is 1. The lowest BCUT2D eigenvalue weighted by Crippen LogP contribution is -2.11. The van der Waals surface area contributed by atoms with Crippen LogP contribution in [0, 0.1) is 12.3 Å². The van der Waals surface area contributed by atoms with Crippen molar-refractivity contribution in [3.63, 3.8) is 0 Å². The average Bonchev–Trinajstić information content (AvgIpc) is 3.41. The van der Waals surface area contributed by atoms with Crippen LogP contribution in [0.3, 0.4) is 0 Å². The molecule has 230 valence electrons. The summed E-state index contributed by atoms with van der Waals surface area (Å²) < 4.78 is 8.86. The van der Waals surface area contributed by atoms with E-state index in [1.165, 1.54) is 37.4 Å². The molecular weight excluding hydrogens is 583 g/mol. The molecule has 5 heteroatoms. The SMILES string of the molecule is Cc1nnc(-c2cccc(Oc3cccc(-c4cc(C(C)(C)C)ccn4)c3)c2)c2sc3c4ccc(CC(C)(C)C)cc4ccc3c12. The van der Waals surface area contributed by atoms with Crippen molar-refractivity contribution in [1.82, 2.24) is 15.2 Å². The largest absolute Gasteiger partial charge is 0.457 e. The molecule has 0 aliphatic rings. The van der Waals surface area contributed by atoms with E-state index >= 15 is 0 Å². The second-order valence-corrected chi connectivity index (χ2v) is 15.5. The lowest BCUT2D eigenvalue weighted by atomic mass is 9.87. The van der Waals surface area contributed by atoms with Gasteiger partial charge >= 0.3 is 0 Å². The number of aryl methyl sites for hydroxylation is 1. The van der Waals surface area contributed by atoms with Crippen LogP contribution < -0.4 is 4.74 Å². The molecule has 7 aromatic rings. The molecule has 0 saturated carbocycles. The second-order valence-electron chi connectivity index (χ2n) is 14.5. The van der Waals surface area contributed by atoms with E-state index in [2.05, 4.69) is 125 Å². The summed E-state index contributed by atoms with van der Waals surface area (Å²) in [5.74, 6) is 1.51. The Hall–Kier alpha value is -4.61. The van der Waals surface area contributed by atoms with Crippen LogP contribution in [0.1, 0.15) is 58.4 Å². The van der Waals surface area contributed by atoms with E-state index in [9.17, 15) is 0 Å². The first-order chi connectivity index (χ1) is 21.9. The number of ether oxygens (including phenoxy) is 1. The Morgan fingerprint density at radius 2 is 1.41 bits per heavy atom. The molecule has 46 heavy (non-hydrogen) atoms. The molecule has 0 bridgehead atoms. The minimum absolute atomic E-state index is 0.0493. The number of hydrogen-bond donors (Lipinski definition) is 0. The molecule has 3 heterocycles. The highest BCUT2D eigenvalue weighted by molar-refractivity contribution is 7.27. The van der Waals surface area contributed by atoms with Crippen LogP contribution >= 0.6 is 11.3 Å². The van der Waals surface area contributed by atoms with Gasteiger partial charge in [-0.1, -0.05) is 96.1 Å². The van der Waals surface area contributed by atoms with Crippen molar-refractivity contribution < 1.29 is 4.74 Å². The standard InChI is InChI=1S/C41H39N3OS/c1-25-36-34-17-15-27-20-26(24-40(2,3)4)14-16-33(27)38(34)46-39(36)37(44-43-25)29-11-9-13-32(22-29)45-31-12-8-10-28(21-31)35-23-30(18-19-42-35)41(5,6)7/h8-23H,24H2,1-7H3. The highest BCUT2D eigenvalue weighted by Crippen LogP contribution is 2.43. The lowest BCUT2D eigenvalue weighted by Gasteiger charge is -2.19. The molecule has 4 aromatic carbocycles. The van der Waals surface area contributed by atoms with Gasteiger partial charge in [0.05, 0.1) is 16.1 Å². The van der Waals surface area contributed by atoms with E-state index in [1.807, 2.05) is 41.8 Å². The summed E-state index contributed by atoms with van der Waals surface area (Å²) in [5.41, 5.74) is 7.68. The van der Waals surface area contributed by atoms with Crippen molar-refractivity contribution in [2.45, 2.75) is 60.3 Å². The number of fused-ring (bicyclic) bond motifs is 5. The van der Waals surface area contributed by atoms with Gasteiger partial charge in [-0.05, 0) is 82.5 Å². The van der Waals surface area contributed by atoms with Crippen LogP contribution in [-0.2, 0) is 11.8 Å². The molecule has 0 unspecified atom stereocenters. The van der Waals surface area contributed by atoms with Crippen LogP contribution in [-0.4, -0.2) is 15.2 Å². The Kier molecular flexibility index (Phi) is 7.40. The van der Waals surface area contributed by atoms with Gasteiger partial charge in [0.2, 0.25) is 0 Å². The Morgan fingerprint density at radius 1 is 0.696 bits per heavy atom. The minimum atomic E-state index is 0.0493. The summed E-state index contributed by atoms with van der Waals surface area (Å²) in [5, 5.41) is 14.3. The maximum atomic E-state index is 6.43. The van der Waals surface area contributed by atoms with Gasteiger partial charge in [-0.15, -0.1) is 16.4 Å². The van der Waals surface area contributed by atoms with Crippen LogP contribution in [0.2, 0.25) is 0 Å². The van der Waals surface area contributed by atoms with Crippen LogP contribution in [0.5, 0.6) is 11.5 Å². The molecule has 0 amide bonds. The van der Waals surface area contributed by atoms with Gasteiger partial charge in [-0.2, -0.15) is 5.10 Å². The van der Waals surface area contributed by atoms with E-state index < -0.39 is 0 Å². The fourth-order valence-electron chi connectivity index (χ4n) is 6.21. The number of rotatable bonds is 5. The molecule has 0 radical (unpaired) electrons. The monoisotopic (exact) mass is 621 g/mol. The fourth-order valence-corrected chi connectivity index (χ4v) is 7.60. The van der Waals surface area contributed by atoms with E-state index in [1.54, 1.807) is 0 Å². The quantitative estimate of drug-likeness (QED) is 0.192. The summed E-state index contributed by atoms with van der Waals surface area (Å²) in [6.45, 7) is 15.6. The Labute approximate surface area is 275 Å². The molecule has 3 aromatic heterocycles. The van der Waals surface area contributed by atoms with Crippen molar-refractivity contribution >= 4 is 42.3 Å². The van der Waals surface area contributed by atoms with Crippen LogP contribution in [0.4, 0.5) is 0 Å². The first-order valence-electron chi connectivity index (χ1n) is 15.9. The smallest absolute Gasteiger partial charge is 0.128 e. The zero-order valence-corrected chi connectivity index (χ0v) is 28.4. The maximum Gasteiger partial charge on any atom is 0.128 e. The Morgan fingerprint density at radius 3 is 2.15 bits per heavy atom. The third-order valence-corrected chi connectivity index (χ3v) is 9.69. The van der Waals surface area contributed by atoms with Crippen molar-refractivity contribution in [2.24, 2.45) is 5.41 Å². The fraction of sp³-hybridized carbons (Fsp3) is 0.244. The van der Waals surface area contributed by atoms with E-state index in [4.69, 9.17) is 9.84 Å². The molecule has 0 N–H and O–H groups in total. The van der Waals surface area contributed by atoms with Gasteiger partial charge in [0, 0.05) is 32.8 Å². The maximum absolute atomic E-state index is 6.43. The van der Waals surface area contributed by atoms with Crippen LogP contribution in [0.15, 0.2) is 97.2 Å². The van der Waals surface area contributed by atoms with Gasteiger partial charge in [0.25, 0.3) is 0 Å². The number of benzene rings is 4. The summed E-state index contributed by atoms with van der Waals surface area (Å²) in [4.78, 5) is 4.65. The number of thiophene rings is 1. The summed E-state index contributed by atoms with van der Waals surface area (Å²) in [6.07, 6.45) is 2.94. The highest BCUT2D eigenvalue weighted by Gasteiger charge is 2.19.